The maximum absolute atomic E-state index is 11.2. The monoisotopic (exact) mass is 398 g/mol. The van der Waals surface area contributed by atoms with Crippen LogP contribution < -0.4 is 0 Å². The summed E-state index contributed by atoms with van der Waals surface area (Å²) < 4.78 is 0. The molecule has 0 aromatic heterocycles. The van der Waals surface area contributed by atoms with E-state index in [0.29, 0.717) is 34.0 Å². The largest absolute Gasteiger partial charge is 0.303 e. The minimum Gasteiger partial charge on any atom is -0.303 e. The third-order valence-electron chi connectivity index (χ3n) is 11.8. The first-order valence-corrected chi connectivity index (χ1v) is 12.7. The Morgan fingerprint density at radius 3 is 2.10 bits per heavy atom. The highest BCUT2D eigenvalue weighted by atomic mass is 16.1. The van der Waals surface area contributed by atoms with E-state index in [9.17, 15) is 4.79 Å². The summed E-state index contributed by atoms with van der Waals surface area (Å²) in [5, 5.41) is 0. The Morgan fingerprint density at radius 2 is 1.52 bits per heavy atom. The molecule has 0 aromatic carbocycles. The summed E-state index contributed by atoms with van der Waals surface area (Å²) >= 11 is 0. The fraction of sp³-hybridized carbons (Fsp3) is 0.893. The highest BCUT2D eigenvalue weighted by Crippen LogP contribution is 2.77. The molecule has 0 radical (unpaired) electrons. The fourth-order valence-electron chi connectivity index (χ4n) is 10.2. The molecule has 1 nitrogen and oxygen atoms in total. The van der Waals surface area contributed by atoms with Gasteiger partial charge in [0, 0.05) is 6.42 Å². The molecular weight excluding hydrogens is 352 g/mol. The van der Waals surface area contributed by atoms with Crippen LogP contribution >= 0.6 is 0 Å². The van der Waals surface area contributed by atoms with E-state index in [4.69, 9.17) is 0 Å². The molecule has 29 heavy (non-hydrogen) atoms. The maximum Gasteiger partial charge on any atom is 0.120 e. The van der Waals surface area contributed by atoms with E-state index >= 15 is 0 Å². The molecule has 0 unspecified atom stereocenters. The van der Waals surface area contributed by atoms with Crippen LogP contribution in [0.15, 0.2) is 12.2 Å². The van der Waals surface area contributed by atoms with Crippen LogP contribution in [0.3, 0.4) is 0 Å². The van der Waals surface area contributed by atoms with Gasteiger partial charge in [-0.15, -0.1) is 0 Å². The van der Waals surface area contributed by atoms with Gasteiger partial charge in [0.05, 0.1) is 0 Å². The van der Waals surface area contributed by atoms with E-state index in [-0.39, 0.29) is 0 Å². The number of rotatable bonds is 4. The van der Waals surface area contributed by atoms with Crippen LogP contribution in [0.25, 0.3) is 0 Å². The molecule has 4 aliphatic rings. The first-order valence-electron chi connectivity index (χ1n) is 12.7. The molecule has 4 aliphatic carbocycles. The zero-order chi connectivity index (χ0) is 21.2. The van der Waals surface area contributed by atoms with Gasteiger partial charge < -0.3 is 4.79 Å². The Labute approximate surface area is 180 Å². The van der Waals surface area contributed by atoms with Crippen LogP contribution in [0.4, 0.5) is 0 Å². The lowest BCUT2D eigenvalue weighted by Crippen LogP contribution is -2.64. The molecule has 164 valence electrons. The van der Waals surface area contributed by atoms with Gasteiger partial charge in [-0.2, -0.15) is 0 Å². The van der Waals surface area contributed by atoms with Gasteiger partial charge in [0.2, 0.25) is 0 Å². The van der Waals surface area contributed by atoms with Crippen LogP contribution in [0.1, 0.15) is 106 Å². The summed E-state index contributed by atoms with van der Waals surface area (Å²) in [5.74, 6) is 3.96. The zero-order valence-electron chi connectivity index (χ0n) is 20.2. The summed E-state index contributed by atoms with van der Waals surface area (Å²) in [6.07, 6.45) is 13.8. The highest BCUT2D eigenvalue weighted by molar-refractivity contribution is 5.49. The van der Waals surface area contributed by atoms with Crippen LogP contribution in [0.2, 0.25) is 0 Å². The number of fused-ring (bicyclic) bond motifs is 5. The van der Waals surface area contributed by atoms with Crippen molar-refractivity contribution >= 4 is 6.29 Å². The van der Waals surface area contributed by atoms with Crippen molar-refractivity contribution in [2.45, 2.75) is 106 Å². The highest BCUT2D eigenvalue weighted by Gasteiger charge is 2.69. The van der Waals surface area contributed by atoms with Crippen molar-refractivity contribution in [1.82, 2.24) is 0 Å². The first-order chi connectivity index (χ1) is 13.5. The molecular formula is C28H46O. The van der Waals surface area contributed by atoms with E-state index in [1.54, 1.807) is 0 Å². The normalized spacial score (nSPS) is 52.0. The molecule has 1 heteroatoms. The lowest BCUT2D eigenvalue weighted by Gasteiger charge is -2.71. The zero-order valence-corrected chi connectivity index (χ0v) is 20.2. The fourth-order valence-corrected chi connectivity index (χ4v) is 10.2. The average Bonchev–Trinajstić information content (AvgIpc) is 3.02. The van der Waals surface area contributed by atoms with Gasteiger partial charge >= 0.3 is 0 Å². The summed E-state index contributed by atoms with van der Waals surface area (Å²) in [4.78, 5) is 11.2. The Balaban J connectivity index is 1.71. The standard InChI is InChI=1S/C28H46O/c1-19(2)21-11-13-24-25(21,4)14-16-27(6)23-12-10-20(3)22(9-8-18-29)26(23,5)15-17-28(24,27)7/h18-19,21-24H,3,8-17H2,1-2,4-7H3/t21-,22-,23+,24-,25-,26+,27-,28+/m1/s1. The molecule has 0 amide bonds. The van der Waals surface area contributed by atoms with Crippen molar-refractivity contribution in [3.8, 4) is 0 Å². The van der Waals surface area contributed by atoms with Crippen molar-refractivity contribution in [1.29, 1.82) is 0 Å². The van der Waals surface area contributed by atoms with E-state index in [1.165, 1.54) is 56.9 Å². The van der Waals surface area contributed by atoms with Gasteiger partial charge in [-0.3, -0.25) is 0 Å². The molecule has 0 bridgehead atoms. The third kappa shape index (κ3) is 2.74. The van der Waals surface area contributed by atoms with Gasteiger partial charge in [0.25, 0.3) is 0 Å². The average molecular weight is 399 g/mol. The first kappa shape index (κ1) is 21.6. The van der Waals surface area contributed by atoms with E-state index < -0.39 is 0 Å². The van der Waals surface area contributed by atoms with Gasteiger partial charge in [-0.05, 0) is 109 Å². The van der Waals surface area contributed by atoms with Crippen molar-refractivity contribution in [2.24, 2.45) is 51.2 Å². The predicted molar refractivity (Wildman–Crippen MR) is 123 cm³/mol. The number of hydrogen-bond donors (Lipinski definition) is 0. The predicted octanol–water partition coefficient (Wildman–Crippen LogP) is 7.84. The van der Waals surface area contributed by atoms with Crippen molar-refractivity contribution in [3.63, 3.8) is 0 Å². The van der Waals surface area contributed by atoms with E-state index in [1.807, 2.05) is 0 Å². The number of carbonyl (C=O) groups is 1. The van der Waals surface area contributed by atoms with Crippen molar-refractivity contribution in [3.05, 3.63) is 12.2 Å². The molecule has 0 heterocycles. The molecule has 4 saturated carbocycles. The molecule has 0 aromatic rings. The molecule has 0 aliphatic heterocycles. The van der Waals surface area contributed by atoms with Gasteiger partial charge in [0.1, 0.15) is 6.29 Å². The Bertz CT molecular complexity index is 678. The molecule has 8 atom stereocenters. The summed E-state index contributed by atoms with van der Waals surface area (Å²) in [7, 11) is 0. The molecule has 4 rings (SSSR count). The Kier molecular flexibility index (Phi) is 5.19. The molecule has 0 spiro atoms. The Hall–Kier alpha value is -0.590. The summed E-state index contributed by atoms with van der Waals surface area (Å²) in [6, 6.07) is 0. The van der Waals surface area contributed by atoms with Crippen molar-refractivity contribution in [2.75, 3.05) is 0 Å². The second-order valence-electron chi connectivity index (χ2n) is 12.9. The second kappa shape index (κ2) is 6.96. The summed E-state index contributed by atoms with van der Waals surface area (Å²) in [5.41, 5.74) is 3.25. The third-order valence-corrected chi connectivity index (χ3v) is 11.8. The quantitative estimate of drug-likeness (QED) is 0.348. The second-order valence-corrected chi connectivity index (χ2v) is 12.9. The SMILES string of the molecule is C=C1CC[C@H]2[C@@](C)(CC[C@@]3(C)[C@@H]4CC[C@H](C(C)C)[C@@]4(C)CC[C@]23C)[C@@H]1CCC=O. The minimum absolute atomic E-state index is 0.344. The number of aldehydes is 1. The van der Waals surface area contributed by atoms with E-state index in [0.717, 1.165) is 36.4 Å². The smallest absolute Gasteiger partial charge is 0.120 e. The lowest BCUT2D eigenvalue weighted by molar-refractivity contribution is -0.215. The van der Waals surface area contributed by atoms with E-state index in [2.05, 4.69) is 48.1 Å². The van der Waals surface area contributed by atoms with Crippen LogP contribution in [-0.2, 0) is 4.79 Å². The van der Waals surface area contributed by atoms with Gasteiger partial charge in [-0.1, -0.05) is 53.7 Å². The number of hydrogen-bond acceptors (Lipinski definition) is 1. The van der Waals surface area contributed by atoms with Gasteiger partial charge in [-0.25, -0.2) is 0 Å². The van der Waals surface area contributed by atoms with Crippen molar-refractivity contribution < 1.29 is 4.79 Å². The van der Waals surface area contributed by atoms with Crippen LogP contribution in [-0.4, -0.2) is 6.29 Å². The number of carbonyl (C=O) groups excluding carboxylic acids is 1. The lowest BCUT2D eigenvalue weighted by atomic mass is 9.33. The molecule has 0 N–H and O–H groups in total. The van der Waals surface area contributed by atoms with Gasteiger partial charge in [0.15, 0.2) is 0 Å². The molecule has 0 saturated heterocycles. The van der Waals surface area contributed by atoms with Crippen LogP contribution in [0, 0.1) is 51.2 Å². The minimum atomic E-state index is 0.344. The number of allylic oxidation sites excluding steroid dienone is 1. The topological polar surface area (TPSA) is 17.1 Å². The summed E-state index contributed by atoms with van der Waals surface area (Å²) in [6.45, 7) is 20.1. The maximum atomic E-state index is 11.2. The molecule has 4 fully saturated rings. The Morgan fingerprint density at radius 1 is 0.931 bits per heavy atom. The van der Waals surface area contributed by atoms with Crippen LogP contribution in [0.5, 0.6) is 0 Å².